The normalized spacial score (nSPS) is 19.9. The Morgan fingerprint density at radius 1 is 1.11 bits per heavy atom. The van der Waals surface area contributed by atoms with Gasteiger partial charge in [-0.05, 0) is 43.0 Å². The van der Waals surface area contributed by atoms with E-state index in [2.05, 4.69) is 50.0 Å². The number of aromatic nitrogens is 4. The van der Waals surface area contributed by atoms with E-state index in [-0.39, 0.29) is 6.10 Å². The summed E-state index contributed by atoms with van der Waals surface area (Å²) in [5.74, 6) is 0.537. The molecule has 6 heteroatoms. The van der Waals surface area contributed by atoms with Crippen molar-refractivity contribution < 1.29 is 4.74 Å². The quantitative estimate of drug-likeness (QED) is 0.598. The summed E-state index contributed by atoms with van der Waals surface area (Å²) in [6.45, 7) is 0.617. The van der Waals surface area contributed by atoms with Crippen molar-refractivity contribution in [2.45, 2.75) is 38.0 Å². The average molecular weight is 359 g/mol. The smallest absolute Gasteiger partial charge is 0.145 e. The van der Waals surface area contributed by atoms with Gasteiger partial charge in [0.1, 0.15) is 17.8 Å². The third kappa shape index (κ3) is 3.02. The van der Waals surface area contributed by atoms with Crippen molar-refractivity contribution in [3.63, 3.8) is 0 Å². The zero-order valence-electron chi connectivity index (χ0n) is 15.0. The highest BCUT2D eigenvalue weighted by Gasteiger charge is 2.27. The van der Waals surface area contributed by atoms with Gasteiger partial charge in [-0.3, -0.25) is 4.98 Å². The van der Waals surface area contributed by atoms with Crippen molar-refractivity contribution in [1.29, 1.82) is 0 Å². The minimum Gasteiger partial charge on any atom is -0.383 e. The van der Waals surface area contributed by atoms with Gasteiger partial charge in [0.2, 0.25) is 0 Å². The molecule has 0 bridgehead atoms. The summed E-state index contributed by atoms with van der Waals surface area (Å²) in [5, 5.41) is 2.08. The second-order valence-electron chi connectivity index (χ2n) is 7.15. The summed E-state index contributed by atoms with van der Waals surface area (Å²) in [6, 6.07) is 12.8. The van der Waals surface area contributed by atoms with Gasteiger partial charge in [-0.2, -0.15) is 0 Å². The molecule has 1 saturated carbocycles. The molecule has 6 nitrogen and oxygen atoms in total. The number of hydrogen-bond acceptors (Lipinski definition) is 5. The van der Waals surface area contributed by atoms with E-state index in [1.165, 1.54) is 6.33 Å². The predicted octanol–water partition coefficient (Wildman–Crippen LogP) is 3.87. The van der Waals surface area contributed by atoms with Gasteiger partial charge in [-0.1, -0.05) is 18.2 Å². The number of nitrogens with two attached hydrogens (primary N) is 1. The molecule has 27 heavy (non-hydrogen) atoms. The molecule has 2 N–H and O–H groups in total. The van der Waals surface area contributed by atoms with Crippen LogP contribution < -0.4 is 5.73 Å². The van der Waals surface area contributed by atoms with Crippen molar-refractivity contribution in [2.75, 3.05) is 5.73 Å². The molecule has 4 aromatic rings. The SMILES string of the molecule is Nc1ncnc2c1ccn2[C@H]1CC[C@@H](OCc2ccc3cccnc3c2)C1. The summed E-state index contributed by atoms with van der Waals surface area (Å²) >= 11 is 0. The van der Waals surface area contributed by atoms with Gasteiger partial charge >= 0.3 is 0 Å². The molecule has 0 saturated heterocycles. The Morgan fingerprint density at radius 2 is 2.07 bits per heavy atom. The molecule has 136 valence electrons. The highest BCUT2D eigenvalue weighted by Crippen LogP contribution is 2.35. The van der Waals surface area contributed by atoms with Crippen LogP contribution in [-0.2, 0) is 11.3 Å². The summed E-state index contributed by atoms with van der Waals surface area (Å²) in [6.07, 6.45) is 8.80. The van der Waals surface area contributed by atoms with Crippen LogP contribution in [0.4, 0.5) is 5.82 Å². The van der Waals surface area contributed by atoms with Gasteiger partial charge in [0.15, 0.2) is 0 Å². The monoisotopic (exact) mass is 359 g/mol. The molecule has 0 aliphatic heterocycles. The van der Waals surface area contributed by atoms with Crippen molar-refractivity contribution >= 4 is 27.8 Å². The zero-order valence-corrected chi connectivity index (χ0v) is 15.0. The van der Waals surface area contributed by atoms with Gasteiger partial charge in [-0.15, -0.1) is 0 Å². The van der Waals surface area contributed by atoms with Crippen LogP contribution in [0, 0.1) is 0 Å². The third-order valence-corrected chi connectivity index (χ3v) is 5.45. The highest BCUT2D eigenvalue weighted by molar-refractivity contribution is 5.86. The summed E-state index contributed by atoms with van der Waals surface area (Å²) < 4.78 is 8.42. The molecule has 3 heterocycles. The van der Waals surface area contributed by atoms with Crippen LogP contribution in [0.1, 0.15) is 30.9 Å². The van der Waals surface area contributed by atoms with Gasteiger partial charge in [-0.25, -0.2) is 9.97 Å². The minimum absolute atomic E-state index is 0.256. The first-order chi connectivity index (χ1) is 13.3. The van der Waals surface area contributed by atoms with Crippen LogP contribution in [0.25, 0.3) is 21.9 Å². The highest BCUT2D eigenvalue weighted by atomic mass is 16.5. The van der Waals surface area contributed by atoms with Crippen LogP contribution >= 0.6 is 0 Å². The minimum atomic E-state index is 0.256. The molecule has 2 atom stereocenters. The number of benzene rings is 1. The number of fused-ring (bicyclic) bond motifs is 2. The number of rotatable bonds is 4. The molecule has 0 radical (unpaired) electrons. The van der Waals surface area contributed by atoms with Gasteiger partial charge in [0.05, 0.1) is 23.6 Å². The number of anilines is 1. The lowest BCUT2D eigenvalue weighted by Gasteiger charge is -2.15. The maximum atomic E-state index is 6.20. The molecule has 3 aromatic heterocycles. The summed E-state index contributed by atoms with van der Waals surface area (Å²) in [7, 11) is 0. The first-order valence-corrected chi connectivity index (χ1v) is 9.30. The predicted molar refractivity (Wildman–Crippen MR) is 105 cm³/mol. The van der Waals surface area contributed by atoms with Gasteiger partial charge in [0, 0.05) is 23.8 Å². The fourth-order valence-electron chi connectivity index (χ4n) is 4.02. The van der Waals surface area contributed by atoms with E-state index < -0.39 is 0 Å². The molecule has 0 spiro atoms. The second-order valence-corrected chi connectivity index (χ2v) is 7.15. The van der Waals surface area contributed by atoms with Crippen LogP contribution in [0.15, 0.2) is 55.1 Å². The van der Waals surface area contributed by atoms with Crippen LogP contribution in [-0.4, -0.2) is 25.6 Å². The lowest BCUT2D eigenvalue weighted by Crippen LogP contribution is -2.11. The number of hydrogen-bond donors (Lipinski definition) is 1. The van der Waals surface area contributed by atoms with Gasteiger partial charge in [0.25, 0.3) is 0 Å². The van der Waals surface area contributed by atoms with Crippen LogP contribution in [0.5, 0.6) is 0 Å². The molecule has 0 amide bonds. The Hall–Kier alpha value is -2.99. The lowest BCUT2D eigenvalue weighted by molar-refractivity contribution is 0.0434. The van der Waals surface area contributed by atoms with Gasteiger partial charge < -0.3 is 15.0 Å². The standard InChI is InChI=1S/C21H21N5O/c22-20-18-7-9-26(21(18)25-13-24-20)16-5-6-17(11-16)27-12-14-3-4-15-2-1-8-23-19(15)10-14/h1-4,7-10,13,16-17H,5-6,11-12H2,(H2,22,24,25)/t16-,17+/m0/s1. The van der Waals surface area contributed by atoms with Crippen LogP contribution in [0.3, 0.4) is 0 Å². The van der Waals surface area contributed by atoms with E-state index in [0.29, 0.717) is 18.5 Å². The number of nitrogens with zero attached hydrogens (tertiary/aromatic N) is 4. The zero-order chi connectivity index (χ0) is 18.2. The second kappa shape index (κ2) is 6.63. The van der Waals surface area contributed by atoms with E-state index in [4.69, 9.17) is 10.5 Å². The van der Waals surface area contributed by atoms with Crippen molar-refractivity contribution in [3.8, 4) is 0 Å². The molecular formula is C21H21N5O. The Balaban J connectivity index is 1.27. The Labute approximate surface area is 157 Å². The van der Waals surface area contributed by atoms with Crippen molar-refractivity contribution in [2.24, 2.45) is 0 Å². The fourth-order valence-corrected chi connectivity index (χ4v) is 4.02. The summed E-state index contributed by atoms with van der Waals surface area (Å²) in [5.41, 5.74) is 9.04. The third-order valence-electron chi connectivity index (χ3n) is 5.45. The summed E-state index contributed by atoms with van der Waals surface area (Å²) in [4.78, 5) is 12.9. The Bertz CT molecular complexity index is 1110. The maximum absolute atomic E-state index is 6.20. The topological polar surface area (TPSA) is 78.8 Å². The fraction of sp³-hybridized carbons (Fsp3) is 0.286. The average Bonchev–Trinajstić information content (AvgIpc) is 3.33. The van der Waals surface area contributed by atoms with E-state index in [0.717, 1.165) is 46.8 Å². The molecule has 0 unspecified atom stereocenters. The first kappa shape index (κ1) is 16.2. The molecule has 1 aliphatic rings. The number of pyridine rings is 1. The molecule has 1 fully saturated rings. The molecular weight excluding hydrogens is 338 g/mol. The molecule has 5 rings (SSSR count). The first-order valence-electron chi connectivity index (χ1n) is 9.30. The van der Waals surface area contributed by atoms with E-state index >= 15 is 0 Å². The number of nitrogen functional groups attached to an aromatic ring is 1. The maximum Gasteiger partial charge on any atom is 0.145 e. The molecule has 1 aromatic carbocycles. The van der Waals surface area contributed by atoms with Crippen molar-refractivity contribution in [3.05, 3.63) is 60.7 Å². The van der Waals surface area contributed by atoms with Crippen molar-refractivity contribution in [1.82, 2.24) is 19.5 Å². The Kier molecular flexibility index (Phi) is 3.98. The van der Waals surface area contributed by atoms with E-state index in [1.54, 1.807) is 0 Å². The Morgan fingerprint density at radius 3 is 3.04 bits per heavy atom. The van der Waals surface area contributed by atoms with E-state index in [9.17, 15) is 0 Å². The van der Waals surface area contributed by atoms with E-state index in [1.807, 2.05) is 18.3 Å². The number of ether oxygens (including phenoxy) is 1. The molecule has 1 aliphatic carbocycles. The largest absolute Gasteiger partial charge is 0.383 e. The van der Waals surface area contributed by atoms with Crippen LogP contribution in [0.2, 0.25) is 0 Å². The lowest BCUT2D eigenvalue weighted by atomic mass is 10.1.